The smallest absolute Gasteiger partial charge is 0.295 e. The van der Waals surface area contributed by atoms with Gasteiger partial charge in [0, 0.05) is 18.7 Å². The second-order valence-corrected chi connectivity index (χ2v) is 9.03. The highest BCUT2D eigenvalue weighted by Gasteiger charge is 2.47. The van der Waals surface area contributed by atoms with Crippen molar-refractivity contribution in [2.45, 2.75) is 38.3 Å². The maximum atomic E-state index is 13.4. The third-order valence-electron chi connectivity index (χ3n) is 6.66. The van der Waals surface area contributed by atoms with E-state index in [-0.39, 0.29) is 17.4 Å². The molecule has 0 aliphatic carbocycles. The molecule has 6 heteroatoms. The zero-order valence-electron chi connectivity index (χ0n) is 19.8. The van der Waals surface area contributed by atoms with Crippen LogP contribution in [0.4, 0.5) is 0 Å². The molecule has 2 unspecified atom stereocenters. The van der Waals surface area contributed by atoms with E-state index in [2.05, 4.69) is 0 Å². The molecule has 2 aliphatic heterocycles. The molecular weight excluding hydrogens is 442 g/mol. The Morgan fingerprint density at radius 1 is 1.09 bits per heavy atom. The fourth-order valence-electron chi connectivity index (χ4n) is 5.00. The summed E-state index contributed by atoms with van der Waals surface area (Å²) in [5.41, 5.74) is 1.34. The van der Waals surface area contributed by atoms with Gasteiger partial charge in [-0.3, -0.25) is 9.59 Å². The quantitative estimate of drug-likeness (QED) is 0.290. The van der Waals surface area contributed by atoms with Crippen LogP contribution in [0.2, 0.25) is 0 Å². The highest BCUT2D eigenvalue weighted by Crippen LogP contribution is 2.42. The minimum absolute atomic E-state index is 0.0944. The van der Waals surface area contributed by atoms with Gasteiger partial charge in [0.1, 0.15) is 11.5 Å². The molecule has 0 radical (unpaired) electrons. The van der Waals surface area contributed by atoms with Crippen molar-refractivity contribution in [1.82, 2.24) is 4.90 Å². The van der Waals surface area contributed by atoms with Crippen molar-refractivity contribution in [1.29, 1.82) is 0 Å². The van der Waals surface area contributed by atoms with Gasteiger partial charge in [0.05, 0.1) is 24.3 Å². The van der Waals surface area contributed by atoms with Crippen molar-refractivity contribution < 1.29 is 24.2 Å². The van der Waals surface area contributed by atoms with Crippen LogP contribution in [-0.4, -0.2) is 47.6 Å². The van der Waals surface area contributed by atoms with E-state index in [1.54, 1.807) is 23.1 Å². The van der Waals surface area contributed by atoms with Crippen LogP contribution >= 0.6 is 0 Å². The zero-order valence-corrected chi connectivity index (χ0v) is 19.8. The van der Waals surface area contributed by atoms with Crippen molar-refractivity contribution in [2.24, 2.45) is 0 Å². The summed E-state index contributed by atoms with van der Waals surface area (Å²) < 4.78 is 11.5. The van der Waals surface area contributed by atoms with Gasteiger partial charge in [-0.25, -0.2) is 0 Å². The SMILES string of the molecule is CCCOc1cccc(/C(O)=C2/C(=O)C(=O)N(CC3CCCO3)C2c2cccc3ccccc23)c1. The average molecular weight is 472 g/mol. The third-order valence-corrected chi connectivity index (χ3v) is 6.66. The average Bonchev–Trinajstić information content (AvgIpc) is 3.49. The largest absolute Gasteiger partial charge is 0.507 e. The van der Waals surface area contributed by atoms with E-state index < -0.39 is 17.7 Å². The molecule has 2 fully saturated rings. The molecule has 2 heterocycles. The van der Waals surface area contributed by atoms with Crippen LogP contribution in [0.1, 0.15) is 43.4 Å². The lowest BCUT2D eigenvalue weighted by atomic mass is 9.91. The Morgan fingerprint density at radius 2 is 1.89 bits per heavy atom. The van der Waals surface area contributed by atoms with Crippen molar-refractivity contribution in [3.63, 3.8) is 0 Å². The second-order valence-electron chi connectivity index (χ2n) is 9.03. The molecule has 1 amide bonds. The minimum Gasteiger partial charge on any atom is -0.507 e. The molecule has 2 aliphatic rings. The predicted molar refractivity (Wildman–Crippen MR) is 134 cm³/mol. The number of carbonyl (C=O) groups excluding carboxylic acids is 2. The molecule has 0 saturated carbocycles. The maximum absolute atomic E-state index is 13.4. The van der Waals surface area contributed by atoms with Gasteiger partial charge < -0.3 is 19.5 Å². The Morgan fingerprint density at radius 3 is 2.69 bits per heavy atom. The number of likely N-dealkylation sites (tertiary alicyclic amines) is 1. The van der Waals surface area contributed by atoms with Gasteiger partial charge in [0.25, 0.3) is 11.7 Å². The first-order valence-corrected chi connectivity index (χ1v) is 12.2. The van der Waals surface area contributed by atoms with Gasteiger partial charge in [-0.1, -0.05) is 61.5 Å². The summed E-state index contributed by atoms with van der Waals surface area (Å²) in [4.78, 5) is 28.3. The predicted octanol–water partition coefficient (Wildman–Crippen LogP) is 5.23. The Kier molecular flexibility index (Phi) is 6.55. The number of aliphatic hydroxyl groups is 1. The van der Waals surface area contributed by atoms with E-state index in [1.165, 1.54) is 0 Å². The molecule has 1 N–H and O–H groups in total. The van der Waals surface area contributed by atoms with E-state index in [0.29, 0.717) is 31.1 Å². The number of nitrogens with zero attached hydrogens (tertiary/aromatic N) is 1. The first-order valence-electron chi connectivity index (χ1n) is 12.2. The standard InChI is InChI=1S/C29H29NO5/c1-2-15-34-21-11-5-10-20(17-21)27(31)25-26(24-14-6-9-19-8-3-4-13-23(19)24)30(29(33)28(25)32)18-22-12-7-16-35-22/h3-6,8-11,13-14,17,22,26,31H,2,7,12,15-16,18H2,1H3/b27-25-. The first-order chi connectivity index (χ1) is 17.1. The summed E-state index contributed by atoms with van der Waals surface area (Å²) in [6.07, 6.45) is 2.49. The number of ketones is 1. The van der Waals surface area contributed by atoms with Crippen LogP contribution < -0.4 is 4.74 Å². The van der Waals surface area contributed by atoms with E-state index in [9.17, 15) is 14.7 Å². The van der Waals surface area contributed by atoms with Gasteiger partial charge >= 0.3 is 0 Å². The summed E-state index contributed by atoms with van der Waals surface area (Å²) in [5, 5.41) is 13.4. The van der Waals surface area contributed by atoms with E-state index in [4.69, 9.17) is 9.47 Å². The highest BCUT2D eigenvalue weighted by molar-refractivity contribution is 6.46. The van der Waals surface area contributed by atoms with Crippen molar-refractivity contribution in [3.05, 3.63) is 83.4 Å². The number of amides is 1. The van der Waals surface area contributed by atoms with E-state index >= 15 is 0 Å². The Hall–Kier alpha value is -3.64. The minimum atomic E-state index is -0.717. The van der Waals surface area contributed by atoms with Crippen molar-refractivity contribution in [3.8, 4) is 5.75 Å². The van der Waals surface area contributed by atoms with E-state index in [0.717, 1.165) is 35.6 Å². The molecule has 0 aromatic heterocycles. The fourth-order valence-corrected chi connectivity index (χ4v) is 5.00. The van der Waals surface area contributed by atoms with Gasteiger partial charge in [-0.2, -0.15) is 0 Å². The summed E-state index contributed by atoms with van der Waals surface area (Å²) in [7, 11) is 0. The molecule has 180 valence electrons. The Balaban J connectivity index is 1.66. The molecule has 2 atom stereocenters. The lowest BCUT2D eigenvalue weighted by molar-refractivity contribution is -0.140. The molecule has 2 saturated heterocycles. The number of benzene rings is 3. The van der Waals surface area contributed by atoms with Crippen LogP contribution in [0.3, 0.4) is 0 Å². The maximum Gasteiger partial charge on any atom is 0.295 e. The molecule has 0 spiro atoms. The first kappa shape index (κ1) is 23.1. The Bertz CT molecular complexity index is 1290. The van der Waals surface area contributed by atoms with Gasteiger partial charge in [0.15, 0.2) is 0 Å². The lowest BCUT2D eigenvalue weighted by Gasteiger charge is -2.28. The molecule has 35 heavy (non-hydrogen) atoms. The van der Waals surface area contributed by atoms with Crippen LogP contribution in [0.15, 0.2) is 72.3 Å². The number of aliphatic hydroxyl groups excluding tert-OH is 1. The van der Waals surface area contributed by atoms with Gasteiger partial charge in [-0.05, 0) is 47.7 Å². The molecule has 6 nitrogen and oxygen atoms in total. The fraction of sp³-hybridized carbons (Fsp3) is 0.310. The molecule has 3 aromatic rings. The normalized spacial score (nSPS) is 21.7. The van der Waals surface area contributed by atoms with E-state index in [1.807, 2.05) is 55.5 Å². The number of hydrogen-bond acceptors (Lipinski definition) is 5. The van der Waals surface area contributed by atoms with Crippen LogP contribution in [0, 0.1) is 0 Å². The molecule has 3 aromatic carbocycles. The zero-order chi connectivity index (χ0) is 24.4. The van der Waals surface area contributed by atoms with Crippen LogP contribution in [0.25, 0.3) is 16.5 Å². The number of rotatable bonds is 7. The summed E-state index contributed by atoms with van der Waals surface area (Å²) >= 11 is 0. The van der Waals surface area contributed by atoms with Gasteiger partial charge in [0.2, 0.25) is 0 Å². The molecule has 5 rings (SSSR count). The summed E-state index contributed by atoms with van der Waals surface area (Å²) in [6, 6.07) is 20.0. The number of fused-ring (bicyclic) bond motifs is 1. The number of Topliss-reactive ketones (excluding diaryl/α,β-unsaturated/α-hetero) is 1. The number of ether oxygens (including phenoxy) is 2. The van der Waals surface area contributed by atoms with Crippen molar-refractivity contribution >= 4 is 28.2 Å². The van der Waals surface area contributed by atoms with Gasteiger partial charge in [-0.15, -0.1) is 0 Å². The summed E-state index contributed by atoms with van der Waals surface area (Å²) in [5.74, 6) is -0.888. The van der Waals surface area contributed by atoms with Crippen molar-refractivity contribution in [2.75, 3.05) is 19.8 Å². The monoisotopic (exact) mass is 471 g/mol. The Labute approximate surface area is 204 Å². The third kappa shape index (κ3) is 4.42. The lowest BCUT2D eigenvalue weighted by Crippen LogP contribution is -2.36. The molecular formula is C29H29NO5. The number of carbonyl (C=O) groups is 2. The second kappa shape index (κ2) is 9.92. The summed E-state index contributed by atoms with van der Waals surface area (Å²) in [6.45, 7) is 3.52. The van der Waals surface area contributed by atoms with Crippen LogP contribution in [0.5, 0.6) is 5.75 Å². The highest BCUT2D eigenvalue weighted by atomic mass is 16.5. The van der Waals surface area contributed by atoms with Crippen LogP contribution in [-0.2, 0) is 14.3 Å². The number of hydrogen-bond donors (Lipinski definition) is 1. The topological polar surface area (TPSA) is 76.1 Å². The molecule has 0 bridgehead atoms.